The number of nitrogens with zero attached hydrogens (tertiary/aromatic N) is 3. The molecule has 0 radical (unpaired) electrons. The lowest BCUT2D eigenvalue weighted by atomic mass is 10.0. The molecule has 248 valence electrons. The van der Waals surface area contributed by atoms with Crippen LogP contribution in [0.4, 0.5) is 29.5 Å². The van der Waals surface area contributed by atoms with Gasteiger partial charge in [0.15, 0.2) is 6.10 Å². The Bertz CT molecular complexity index is 1590. The van der Waals surface area contributed by atoms with E-state index in [0.717, 1.165) is 22.6 Å². The summed E-state index contributed by atoms with van der Waals surface area (Å²) >= 11 is 0. The molecular formula is C31H36F3N5O6S. The minimum atomic E-state index is -4.62. The molecule has 1 aliphatic heterocycles. The van der Waals surface area contributed by atoms with Crippen LogP contribution in [0, 0.1) is 5.92 Å². The molecule has 15 heteroatoms. The minimum Gasteiger partial charge on any atom is -0.434 e. The Labute approximate surface area is 265 Å². The topological polar surface area (TPSA) is 155 Å². The molecule has 4 rings (SSSR count). The lowest BCUT2D eigenvalue weighted by molar-refractivity contribution is -0.137. The molecule has 1 fully saturated rings. The molecule has 4 atom stereocenters. The Kier molecular flexibility index (Phi) is 10.9. The van der Waals surface area contributed by atoms with Gasteiger partial charge in [0, 0.05) is 25.0 Å². The number of benzene rings is 2. The number of halogens is 3. The first-order valence-electron chi connectivity index (χ1n) is 14.6. The second-order valence-electron chi connectivity index (χ2n) is 11.2. The predicted molar refractivity (Wildman–Crippen MR) is 164 cm³/mol. The Morgan fingerprint density at radius 1 is 1.13 bits per heavy atom. The van der Waals surface area contributed by atoms with E-state index < -0.39 is 52.0 Å². The molecule has 46 heavy (non-hydrogen) atoms. The first-order valence-corrected chi connectivity index (χ1v) is 16.0. The molecule has 1 aliphatic rings. The first kappa shape index (κ1) is 34.7. The van der Waals surface area contributed by atoms with Gasteiger partial charge in [-0.25, -0.2) is 18.2 Å². The van der Waals surface area contributed by atoms with Crippen LogP contribution in [-0.2, 0) is 32.2 Å². The third-order valence-corrected chi connectivity index (χ3v) is 9.51. The highest BCUT2D eigenvalue weighted by atomic mass is 32.2. The van der Waals surface area contributed by atoms with E-state index in [9.17, 15) is 36.3 Å². The van der Waals surface area contributed by atoms with Crippen molar-refractivity contribution in [1.82, 2.24) is 14.6 Å². The molecule has 0 saturated carbocycles. The van der Waals surface area contributed by atoms with Gasteiger partial charge >= 0.3 is 12.3 Å². The number of nitrogen functional groups attached to an aromatic ring is 1. The van der Waals surface area contributed by atoms with E-state index in [1.165, 1.54) is 28.6 Å². The molecule has 4 N–H and O–H groups in total. The maximum Gasteiger partial charge on any atom is 0.417 e. The molecule has 11 nitrogen and oxygen atoms in total. The van der Waals surface area contributed by atoms with Crippen molar-refractivity contribution in [3.63, 3.8) is 0 Å². The van der Waals surface area contributed by atoms with Crippen molar-refractivity contribution in [3.8, 4) is 0 Å². The molecule has 0 spiro atoms. The van der Waals surface area contributed by atoms with E-state index in [0.29, 0.717) is 18.3 Å². The second kappa shape index (κ2) is 14.5. The fourth-order valence-corrected chi connectivity index (χ4v) is 6.38. The third kappa shape index (κ3) is 8.53. The average Bonchev–Trinajstić information content (AvgIpc) is 3.42. The number of carbonyl (C=O) groups is 2. The zero-order valence-corrected chi connectivity index (χ0v) is 26.0. The van der Waals surface area contributed by atoms with Gasteiger partial charge < -0.3 is 20.9 Å². The number of aliphatic hydroxyl groups is 1. The number of cyclic esters (lactones) is 1. The van der Waals surface area contributed by atoms with E-state index in [4.69, 9.17) is 10.5 Å². The highest BCUT2D eigenvalue weighted by Gasteiger charge is 2.40. The molecule has 2 heterocycles. The largest absolute Gasteiger partial charge is 0.434 e. The molecule has 1 saturated heterocycles. The Morgan fingerprint density at radius 3 is 2.39 bits per heavy atom. The number of carbonyl (C=O) groups excluding carboxylic acids is 2. The highest BCUT2D eigenvalue weighted by molar-refractivity contribution is 7.89. The van der Waals surface area contributed by atoms with Crippen LogP contribution in [-0.4, -0.2) is 72.7 Å². The summed E-state index contributed by atoms with van der Waals surface area (Å²) in [5.41, 5.74) is 5.87. The lowest BCUT2D eigenvalue weighted by Crippen LogP contribution is -2.53. The molecule has 1 aromatic heterocycles. The minimum absolute atomic E-state index is 0.00400. The van der Waals surface area contributed by atoms with E-state index in [1.807, 2.05) is 13.8 Å². The zero-order valence-electron chi connectivity index (χ0n) is 25.2. The molecule has 2 unspecified atom stereocenters. The van der Waals surface area contributed by atoms with Crippen LogP contribution in [0.3, 0.4) is 0 Å². The van der Waals surface area contributed by atoms with Gasteiger partial charge in [-0.1, -0.05) is 50.6 Å². The molecule has 0 aliphatic carbocycles. The van der Waals surface area contributed by atoms with Gasteiger partial charge in [-0.15, -0.1) is 0 Å². The summed E-state index contributed by atoms with van der Waals surface area (Å²) in [5, 5.41) is 14.2. The normalized spacial score (nSPS) is 17.4. The van der Waals surface area contributed by atoms with Crippen LogP contribution >= 0.6 is 0 Å². The monoisotopic (exact) mass is 663 g/mol. The van der Waals surface area contributed by atoms with Crippen LogP contribution in [0.1, 0.15) is 31.4 Å². The number of hydrogen-bond acceptors (Lipinski definition) is 8. The Hall–Kier alpha value is -4.21. The maximum absolute atomic E-state index is 13.7. The van der Waals surface area contributed by atoms with Gasteiger partial charge in [-0.2, -0.15) is 17.5 Å². The summed E-state index contributed by atoms with van der Waals surface area (Å²) in [4.78, 5) is 30.6. The van der Waals surface area contributed by atoms with Gasteiger partial charge in [-0.3, -0.25) is 9.69 Å². The number of rotatable bonds is 13. The summed E-state index contributed by atoms with van der Waals surface area (Å²) in [6.07, 6.45) is -7.03. The highest BCUT2D eigenvalue weighted by Crippen LogP contribution is 2.30. The summed E-state index contributed by atoms with van der Waals surface area (Å²) in [6, 6.07) is 15.3. The fourth-order valence-electron chi connectivity index (χ4n) is 4.80. The Morgan fingerprint density at radius 2 is 1.80 bits per heavy atom. The summed E-state index contributed by atoms with van der Waals surface area (Å²) in [7, 11) is -4.07. The van der Waals surface area contributed by atoms with Crippen LogP contribution in [0.25, 0.3) is 0 Å². The number of nitrogens with two attached hydrogens (primary N) is 1. The van der Waals surface area contributed by atoms with Crippen molar-refractivity contribution in [3.05, 3.63) is 84.1 Å². The van der Waals surface area contributed by atoms with Gasteiger partial charge in [0.2, 0.25) is 10.0 Å². The van der Waals surface area contributed by atoms with Crippen molar-refractivity contribution in [2.24, 2.45) is 5.92 Å². The van der Waals surface area contributed by atoms with Gasteiger partial charge in [0.05, 0.1) is 29.1 Å². The van der Waals surface area contributed by atoms with Gasteiger partial charge in [-0.05, 0) is 54.3 Å². The number of amides is 2. The van der Waals surface area contributed by atoms with Gasteiger partial charge in [0.1, 0.15) is 5.82 Å². The molecular weight excluding hydrogens is 627 g/mol. The van der Waals surface area contributed by atoms with Crippen LogP contribution in [0.15, 0.2) is 77.8 Å². The lowest BCUT2D eigenvalue weighted by Gasteiger charge is -2.31. The number of aromatic nitrogens is 1. The molecule has 0 bridgehead atoms. The number of sulfonamides is 1. The third-order valence-electron chi connectivity index (χ3n) is 7.67. The summed E-state index contributed by atoms with van der Waals surface area (Å²) in [5.74, 6) is -0.971. The number of nitrogens with one attached hydrogen (secondary N) is 1. The van der Waals surface area contributed by atoms with E-state index in [-0.39, 0.29) is 42.7 Å². The van der Waals surface area contributed by atoms with Crippen molar-refractivity contribution in [2.45, 2.75) is 56.0 Å². The van der Waals surface area contributed by atoms with Crippen LogP contribution < -0.4 is 16.0 Å². The number of aliphatic hydroxyl groups excluding tert-OH is 1. The number of anilines is 2. The molecule has 2 amide bonds. The number of hydrogen-bond donors (Lipinski definition) is 3. The first-order chi connectivity index (χ1) is 21.7. The molecule has 3 aromatic rings. The number of pyridine rings is 1. The average molecular weight is 664 g/mol. The van der Waals surface area contributed by atoms with Crippen LogP contribution in [0.5, 0.6) is 0 Å². The van der Waals surface area contributed by atoms with Crippen molar-refractivity contribution in [2.75, 3.05) is 30.3 Å². The molecule has 2 aromatic carbocycles. The van der Waals surface area contributed by atoms with E-state index >= 15 is 0 Å². The smallest absolute Gasteiger partial charge is 0.417 e. The second-order valence-corrected chi connectivity index (χ2v) is 13.1. The predicted octanol–water partition coefficient (Wildman–Crippen LogP) is 3.83. The van der Waals surface area contributed by atoms with Crippen LogP contribution in [0.2, 0.25) is 0 Å². The zero-order chi connectivity index (χ0) is 33.6. The fraction of sp³-hybridized carbons (Fsp3) is 0.387. The summed E-state index contributed by atoms with van der Waals surface area (Å²) in [6.45, 7) is 3.19. The van der Waals surface area contributed by atoms with Crippen molar-refractivity contribution < 1.29 is 41.0 Å². The van der Waals surface area contributed by atoms with Crippen molar-refractivity contribution in [1.29, 1.82) is 0 Å². The van der Waals surface area contributed by atoms with Gasteiger partial charge in [0.25, 0.3) is 5.91 Å². The summed E-state index contributed by atoms with van der Waals surface area (Å²) < 4.78 is 72.6. The number of alkyl halides is 3. The maximum atomic E-state index is 13.7. The van der Waals surface area contributed by atoms with E-state index in [2.05, 4.69) is 10.3 Å². The van der Waals surface area contributed by atoms with E-state index in [1.54, 1.807) is 30.3 Å². The SMILES string of the molecule is CC[C@H](C)CN(C[C@@H](O)C(Cc1ccccc1)NC(=O)C1CN(c2ccc(C(F)(F)F)cn2)C(=O)O1)S(=O)(=O)c1ccc(N)cc1. The number of ether oxygens (including phenoxy) is 1. The quantitative estimate of drug-likeness (QED) is 0.233. The standard InChI is InChI=1S/C31H36F3N5O6S/c1-3-20(2)17-38(46(43,44)24-12-10-23(35)11-13-24)18-26(40)25(15-21-7-5-4-6-8-21)37-29(41)27-19-39(30(42)45-27)28-14-9-22(16-36-28)31(32,33)34/h4-14,16,20,25-27,40H,3,15,17-19,35H2,1-2H3,(H,37,41)/t20-,25?,26+,27?/m0/s1. The Balaban J connectivity index is 1.54. The van der Waals surface area contributed by atoms with Crippen molar-refractivity contribution >= 4 is 33.5 Å².